The number of aromatic nitrogens is 2. The highest BCUT2D eigenvalue weighted by Crippen LogP contribution is 2.22. The van der Waals surface area contributed by atoms with Gasteiger partial charge in [0.1, 0.15) is 6.04 Å². The van der Waals surface area contributed by atoms with Crippen LogP contribution in [0.3, 0.4) is 0 Å². The van der Waals surface area contributed by atoms with Crippen LogP contribution in [0.4, 0.5) is 0 Å². The SMILES string of the molecule is O=C(O)C1CCN(C(=O)C(Cc2ccccc2)n2c(=O)[nH]c3ccccc3c2=O)CC1. The third kappa shape index (κ3) is 4.14. The second-order valence-corrected chi connectivity index (χ2v) is 7.79. The quantitative estimate of drug-likeness (QED) is 0.652. The van der Waals surface area contributed by atoms with Crippen molar-refractivity contribution in [1.82, 2.24) is 14.5 Å². The topological polar surface area (TPSA) is 112 Å². The van der Waals surface area contributed by atoms with Crippen molar-refractivity contribution in [1.29, 1.82) is 0 Å². The van der Waals surface area contributed by atoms with Gasteiger partial charge in [-0.15, -0.1) is 0 Å². The monoisotopic (exact) mass is 421 g/mol. The number of H-pyrrole nitrogens is 1. The molecule has 0 radical (unpaired) electrons. The minimum absolute atomic E-state index is 0.180. The Kier molecular flexibility index (Phi) is 5.70. The van der Waals surface area contributed by atoms with Gasteiger partial charge in [-0.05, 0) is 30.5 Å². The molecule has 1 saturated heterocycles. The molecule has 1 aliphatic heterocycles. The maximum absolute atomic E-state index is 13.5. The van der Waals surface area contributed by atoms with E-state index >= 15 is 0 Å². The molecule has 160 valence electrons. The summed E-state index contributed by atoms with van der Waals surface area (Å²) < 4.78 is 1.00. The molecule has 1 fully saturated rings. The number of carboxylic acids is 1. The zero-order chi connectivity index (χ0) is 22.0. The third-order valence-electron chi connectivity index (χ3n) is 5.86. The number of hydrogen-bond donors (Lipinski definition) is 2. The number of fused-ring (bicyclic) bond motifs is 1. The first-order valence-electron chi connectivity index (χ1n) is 10.2. The van der Waals surface area contributed by atoms with Crippen LogP contribution in [0.5, 0.6) is 0 Å². The number of piperidine rings is 1. The molecule has 31 heavy (non-hydrogen) atoms. The number of carbonyl (C=O) groups excluding carboxylic acids is 1. The number of amides is 1. The summed E-state index contributed by atoms with van der Waals surface area (Å²) in [6, 6.07) is 14.9. The molecule has 2 N–H and O–H groups in total. The zero-order valence-electron chi connectivity index (χ0n) is 16.9. The van der Waals surface area contributed by atoms with Crippen molar-refractivity contribution in [2.45, 2.75) is 25.3 Å². The minimum atomic E-state index is -1.02. The van der Waals surface area contributed by atoms with Crippen LogP contribution in [0.1, 0.15) is 24.4 Å². The van der Waals surface area contributed by atoms with E-state index in [1.165, 1.54) is 0 Å². The predicted octanol–water partition coefficient (Wildman–Crippen LogP) is 1.80. The first kappa shape index (κ1) is 20.6. The maximum atomic E-state index is 13.5. The molecular weight excluding hydrogens is 398 g/mol. The van der Waals surface area contributed by atoms with Gasteiger partial charge in [-0.3, -0.25) is 14.4 Å². The Balaban J connectivity index is 1.75. The normalized spacial score (nSPS) is 15.7. The molecule has 8 heteroatoms. The van der Waals surface area contributed by atoms with Gasteiger partial charge in [-0.2, -0.15) is 0 Å². The van der Waals surface area contributed by atoms with E-state index in [2.05, 4.69) is 4.98 Å². The number of carboxylic acid groups (broad SMARTS) is 1. The summed E-state index contributed by atoms with van der Waals surface area (Å²) in [5.41, 5.74) is 0.0788. The molecule has 8 nitrogen and oxygen atoms in total. The molecule has 0 aliphatic carbocycles. The first-order valence-corrected chi connectivity index (χ1v) is 10.2. The number of nitrogens with zero attached hydrogens (tertiary/aromatic N) is 2. The van der Waals surface area contributed by atoms with Gasteiger partial charge in [-0.25, -0.2) is 9.36 Å². The summed E-state index contributed by atoms with van der Waals surface area (Å²) in [7, 11) is 0. The van der Waals surface area contributed by atoms with Gasteiger partial charge in [0.15, 0.2) is 0 Å². The molecule has 2 heterocycles. The second kappa shape index (κ2) is 8.59. The molecule has 1 aromatic heterocycles. The summed E-state index contributed by atoms with van der Waals surface area (Å²) in [4.78, 5) is 55.1. The predicted molar refractivity (Wildman–Crippen MR) is 115 cm³/mol. The number of para-hydroxylation sites is 1. The fourth-order valence-electron chi connectivity index (χ4n) is 4.14. The van der Waals surface area contributed by atoms with Crippen LogP contribution in [0, 0.1) is 5.92 Å². The van der Waals surface area contributed by atoms with E-state index < -0.39 is 29.2 Å². The highest BCUT2D eigenvalue weighted by Gasteiger charge is 2.33. The fraction of sp³-hybridized carbons (Fsp3) is 0.304. The van der Waals surface area contributed by atoms with Crippen LogP contribution in [0.15, 0.2) is 64.2 Å². The third-order valence-corrected chi connectivity index (χ3v) is 5.86. The molecule has 1 unspecified atom stereocenters. The molecule has 0 bridgehead atoms. The van der Waals surface area contributed by atoms with Gasteiger partial charge in [-0.1, -0.05) is 42.5 Å². The Bertz CT molecular complexity index is 1220. The average molecular weight is 421 g/mol. The van der Waals surface area contributed by atoms with E-state index in [0.29, 0.717) is 23.7 Å². The van der Waals surface area contributed by atoms with Gasteiger partial charge in [0, 0.05) is 19.5 Å². The lowest BCUT2D eigenvalue weighted by Crippen LogP contribution is -2.49. The van der Waals surface area contributed by atoms with Crippen molar-refractivity contribution in [3.05, 3.63) is 81.0 Å². The number of likely N-dealkylation sites (tertiary alicyclic amines) is 1. The lowest BCUT2D eigenvalue weighted by atomic mass is 9.96. The number of benzene rings is 2. The number of nitrogens with one attached hydrogen (secondary N) is 1. The molecule has 2 aromatic carbocycles. The van der Waals surface area contributed by atoms with Gasteiger partial charge in [0.25, 0.3) is 5.56 Å². The van der Waals surface area contributed by atoms with Crippen LogP contribution in [-0.2, 0) is 16.0 Å². The number of carbonyl (C=O) groups is 2. The van der Waals surface area contributed by atoms with Crippen LogP contribution in [-0.4, -0.2) is 44.5 Å². The van der Waals surface area contributed by atoms with Crippen molar-refractivity contribution in [3.63, 3.8) is 0 Å². The molecular formula is C23H23N3O5. The van der Waals surface area contributed by atoms with E-state index in [9.17, 15) is 24.3 Å². The first-order chi connectivity index (χ1) is 15.0. The van der Waals surface area contributed by atoms with Gasteiger partial charge < -0.3 is 15.0 Å². The summed E-state index contributed by atoms with van der Waals surface area (Å²) in [6.07, 6.45) is 0.879. The van der Waals surface area contributed by atoms with Crippen molar-refractivity contribution >= 4 is 22.8 Å². The fourth-order valence-corrected chi connectivity index (χ4v) is 4.14. The van der Waals surface area contributed by atoms with Crippen molar-refractivity contribution in [2.75, 3.05) is 13.1 Å². The Morgan fingerprint density at radius 3 is 2.32 bits per heavy atom. The van der Waals surface area contributed by atoms with Crippen LogP contribution >= 0.6 is 0 Å². The van der Waals surface area contributed by atoms with Crippen LogP contribution in [0.2, 0.25) is 0 Å². The molecule has 3 aromatic rings. The summed E-state index contributed by atoms with van der Waals surface area (Å²) in [5.74, 6) is -1.70. The molecule has 1 atom stereocenters. The number of hydrogen-bond acceptors (Lipinski definition) is 4. The van der Waals surface area contributed by atoms with Gasteiger partial charge in [0.2, 0.25) is 5.91 Å². The van der Waals surface area contributed by atoms with E-state index in [1.54, 1.807) is 29.2 Å². The highest BCUT2D eigenvalue weighted by atomic mass is 16.4. The summed E-state index contributed by atoms with van der Waals surface area (Å²) >= 11 is 0. The Hall–Kier alpha value is -3.68. The van der Waals surface area contributed by atoms with E-state index in [4.69, 9.17) is 0 Å². The summed E-state index contributed by atoms with van der Waals surface area (Å²) in [6.45, 7) is 0.558. The molecule has 1 amide bonds. The van der Waals surface area contributed by atoms with Gasteiger partial charge >= 0.3 is 11.7 Å². The maximum Gasteiger partial charge on any atom is 0.329 e. The highest BCUT2D eigenvalue weighted by molar-refractivity contribution is 5.82. The van der Waals surface area contributed by atoms with Gasteiger partial charge in [0.05, 0.1) is 16.8 Å². The van der Waals surface area contributed by atoms with Crippen molar-refractivity contribution in [3.8, 4) is 0 Å². The number of aromatic amines is 1. The van der Waals surface area contributed by atoms with Crippen molar-refractivity contribution < 1.29 is 14.7 Å². The van der Waals surface area contributed by atoms with E-state index in [-0.39, 0.29) is 25.4 Å². The molecule has 4 rings (SSSR count). The lowest BCUT2D eigenvalue weighted by Gasteiger charge is -2.33. The molecule has 1 aliphatic rings. The Labute approximate surface area is 177 Å². The average Bonchev–Trinajstić information content (AvgIpc) is 2.78. The number of aliphatic carboxylic acids is 1. The van der Waals surface area contributed by atoms with E-state index in [1.807, 2.05) is 30.3 Å². The lowest BCUT2D eigenvalue weighted by molar-refractivity contribution is -0.146. The van der Waals surface area contributed by atoms with E-state index in [0.717, 1.165) is 10.1 Å². The minimum Gasteiger partial charge on any atom is -0.481 e. The Morgan fingerprint density at radius 1 is 1.00 bits per heavy atom. The van der Waals surface area contributed by atoms with Crippen LogP contribution in [0.25, 0.3) is 10.9 Å². The second-order valence-electron chi connectivity index (χ2n) is 7.79. The standard InChI is InChI=1S/C23H23N3O5/c27-20-17-8-4-5-9-18(17)24-23(31)26(20)19(14-15-6-2-1-3-7-15)21(28)25-12-10-16(11-13-25)22(29)30/h1-9,16,19H,10-14H2,(H,24,31)(H,29,30). The zero-order valence-corrected chi connectivity index (χ0v) is 16.9. The smallest absolute Gasteiger partial charge is 0.329 e. The Morgan fingerprint density at radius 2 is 1.65 bits per heavy atom. The molecule has 0 spiro atoms. The van der Waals surface area contributed by atoms with Crippen LogP contribution < -0.4 is 11.2 Å². The molecule has 0 saturated carbocycles. The number of rotatable bonds is 5. The van der Waals surface area contributed by atoms with Crippen molar-refractivity contribution in [2.24, 2.45) is 5.92 Å². The summed E-state index contributed by atoms with van der Waals surface area (Å²) in [5, 5.41) is 9.56. The largest absolute Gasteiger partial charge is 0.481 e.